The number of thiophene rings is 1. The normalized spacial score (nSPS) is 15.3. The number of hydrogen-bond acceptors (Lipinski definition) is 6. The van der Waals surface area contributed by atoms with Gasteiger partial charge in [-0.05, 0) is 68.4 Å². The summed E-state index contributed by atoms with van der Waals surface area (Å²) < 4.78 is 5.50. The maximum atomic E-state index is 12.5. The predicted molar refractivity (Wildman–Crippen MR) is 121 cm³/mol. The minimum atomic E-state index is -0.272. The van der Waals surface area contributed by atoms with Crippen molar-refractivity contribution in [3.8, 4) is 6.07 Å². The van der Waals surface area contributed by atoms with Gasteiger partial charge in [0.15, 0.2) is 5.78 Å². The summed E-state index contributed by atoms with van der Waals surface area (Å²) in [5.74, 6) is 0.204. The molecular formula is C24H27N3O3S. The van der Waals surface area contributed by atoms with E-state index in [0.717, 1.165) is 40.1 Å². The molecule has 2 heterocycles. The first-order valence-corrected chi connectivity index (χ1v) is 11.4. The fourth-order valence-corrected chi connectivity index (χ4v) is 5.18. The minimum absolute atomic E-state index is 0.0383. The molecule has 0 aliphatic heterocycles. The largest absolute Gasteiger partial charge is 0.449 e. The number of fused-ring (bicyclic) bond motifs is 1. The number of carbonyl (C=O) groups excluding carboxylic acids is 2. The molecule has 0 aromatic carbocycles. The number of ether oxygens (including phenoxy) is 1. The van der Waals surface area contributed by atoms with Crippen molar-refractivity contribution in [1.82, 2.24) is 9.88 Å². The van der Waals surface area contributed by atoms with Gasteiger partial charge in [0.2, 0.25) is 0 Å². The summed E-state index contributed by atoms with van der Waals surface area (Å²) in [5, 5.41) is 9.69. The summed E-state index contributed by atoms with van der Waals surface area (Å²) in [4.78, 5) is 32.2. The number of hydrogen-bond donors (Lipinski definition) is 0. The Balaban J connectivity index is 1.63. The molecule has 162 valence electrons. The number of carbonyl (C=O) groups is 2. The Kier molecular flexibility index (Phi) is 7.96. The molecule has 1 atom stereocenters. The maximum Gasteiger partial charge on any atom is 0.409 e. The Morgan fingerprint density at radius 1 is 1.39 bits per heavy atom. The maximum absolute atomic E-state index is 12.5. The molecule has 0 saturated heterocycles. The highest BCUT2D eigenvalue weighted by Crippen LogP contribution is 2.36. The van der Waals surface area contributed by atoms with Gasteiger partial charge in [0.05, 0.1) is 12.2 Å². The van der Waals surface area contributed by atoms with Crippen LogP contribution in [0.4, 0.5) is 4.79 Å². The molecule has 0 bridgehead atoms. The summed E-state index contributed by atoms with van der Waals surface area (Å²) in [6, 6.07) is 6.01. The first kappa shape index (κ1) is 22.7. The SMILES string of the molecule is CCN(CC)C(=O)OCC1CCc2c(sc(CC(=O)/C=C/c3cccnc3)c2C#N)C1. The van der Waals surface area contributed by atoms with Gasteiger partial charge in [0.1, 0.15) is 6.07 Å². The Morgan fingerprint density at radius 2 is 2.19 bits per heavy atom. The Morgan fingerprint density at radius 3 is 2.87 bits per heavy atom. The van der Waals surface area contributed by atoms with Crippen molar-refractivity contribution in [2.24, 2.45) is 5.92 Å². The highest BCUT2D eigenvalue weighted by atomic mass is 32.1. The van der Waals surface area contributed by atoms with Crippen molar-refractivity contribution in [2.45, 2.75) is 39.5 Å². The summed E-state index contributed by atoms with van der Waals surface area (Å²) in [6.45, 7) is 5.51. The standard InChI is InChI=1S/C24H27N3O3S/c1-3-27(4-2)24(29)30-16-18-8-10-20-21(14-25)23(31-22(20)12-18)13-19(28)9-7-17-6-5-11-26-15-17/h5-7,9,11,15,18H,3-4,8,10,12-13,16H2,1-2H3/b9-7+. The van der Waals surface area contributed by atoms with E-state index in [-0.39, 0.29) is 24.2 Å². The molecule has 7 heteroatoms. The second-order valence-electron chi connectivity index (χ2n) is 7.53. The topological polar surface area (TPSA) is 83.3 Å². The van der Waals surface area contributed by atoms with Gasteiger partial charge >= 0.3 is 6.09 Å². The van der Waals surface area contributed by atoms with Crippen LogP contribution in [0.2, 0.25) is 0 Å². The molecule has 0 saturated carbocycles. The Bertz CT molecular complexity index is 987. The number of nitrogens with zero attached hydrogens (tertiary/aromatic N) is 3. The first-order chi connectivity index (χ1) is 15.0. The third-order valence-corrected chi connectivity index (χ3v) is 6.75. The zero-order valence-corrected chi connectivity index (χ0v) is 18.8. The van der Waals surface area contributed by atoms with Crippen LogP contribution in [0.5, 0.6) is 0 Å². The minimum Gasteiger partial charge on any atom is -0.449 e. The molecule has 6 nitrogen and oxygen atoms in total. The predicted octanol–water partition coefficient (Wildman–Crippen LogP) is 4.42. The lowest BCUT2D eigenvalue weighted by Gasteiger charge is -2.24. The number of nitriles is 1. The number of amides is 1. The van der Waals surface area contributed by atoms with Gasteiger partial charge in [0, 0.05) is 41.7 Å². The molecule has 1 aliphatic rings. The molecule has 2 aromatic rings. The van der Waals surface area contributed by atoms with Crippen LogP contribution in [-0.4, -0.2) is 41.5 Å². The average Bonchev–Trinajstić information content (AvgIpc) is 3.13. The average molecular weight is 438 g/mol. The molecule has 1 amide bonds. The zero-order chi connectivity index (χ0) is 22.2. The van der Waals surface area contributed by atoms with Crippen LogP contribution in [0.15, 0.2) is 30.6 Å². The van der Waals surface area contributed by atoms with Gasteiger partial charge in [0.25, 0.3) is 0 Å². The van der Waals surface area contributed by atoms with Gasteiger partial charge in [-0.15, -0.1) is 11.3 Å². The quantitative estimate of drug-likeness (QED) is 0.571. The van der Waals surface area contributed by atoms with Gasteiger partial charge in [-0.1, -0.05) is 6.07 Å². The fourth-order valence-electron chi connectivity index (χ4n) is 3.75. The van der Waals surface area contributed by atoms with Crippen molar-refractivity contribution in [1.29, 1.82) is 5.26 Å². The van der Waals surface area contributed by atoms with Gasteiger partial charge in [-0.2, -0.15) is 5.26 Å². The second-order valence-corrected chi connectivity index (χ2v) is 8.72. The molecule has 0 N–H and O–H groups in total. The van der Waals surface area contributed by atoms with Crippen LogP contribution >= 0.6 is 11.3 Å². The van der Waals surface area contributed by atoms with Gasteiger partial charge in [-0.25, -0.2) is 4.79 Å². The Hall–Kier alpha value is -2.98. The van der Waals surface area contributed by atoms with E-state index in [1.165, 1.54) is 0 Å². The number of rotatable bonds is 8. The van der Waals surface area contributed by atoms with E-state index in [4.69, 9.17) is 4.74 Å². The molecular weight excluding hydrogens is 410 g/mol. The zero-order valence-electron chi connectivity index (χ0n) is 18.0. The molecule has 3 rings (SSSR count). The number of ketones is 1. The number of pyridine rings is 1. The molecule has 2 aromatic heterocycles. The fraction of sp³-hybridized carbons (Fsp3) is 0.417. The van der Waals surface area contributed by atoms with Crippen molar-refractivity contribution < 1.29 is 14.3 Å². The van der Waals surface area contributed by atoms with Crippen LogP contribution in [0.3, 0.4) is 0 Å². The summed E-state index contributed by atoms with van der Waals surface area (Å²) >= 11 is 1.55. The highest BCUT2D eigenvalue weighted by molar-refractivity contribution is 7.12. The van der Waals surface area contributed by atoms with Crippen molar-refractivity contribution in [2.75, 3.05) is 19.7 Å². The van der Waals surface area contributed by atoms with Crippen LogP contribution in [-0.2, 0) is 28.8 Å². The lowest BCUT2D eigenvalue weighted by molar-refractivity contribution is -0.113. The van der Waals surface area contributed by atoms with E-state index in [2.05, 4.69) is 11.1 Å². The molecule has 0 fully saturated rings. The number of aromatic nitrogens is 1. The molecule has 31 heavy (non-hydrogen) atoms. The van der Waals surface area contributed by atoms with E-state index >= 15 is 0 Å². The van der Waals surface area contributed by atoms with E-state index in [1.54, 1.807) is 40.8 Å². The monoisotopic (exact) mass is 437 g/mol. The lowest BCUT2D eigenvalue weighted by Crippen LogP contribution is -2.33. The summed E-state index contributed by atoms with van der Waals surface area (Å²) in [7, 11) is 0. The van der Waals surface area contributed by atoms with E-state index in [0.29, 0.717) is 25.3 Å². The van der Waals surface area contributed by atoms with Crippen LogP contribution in [0, 0.1) is 17.2 Å². The smallest absolute Gasteiger partial charge is 0.409 e. The molecule has 0 spiro atoms. The van der Waals surface area contributed by atoms with Gasteiger partial charge < -0.3 is 9.64 Å². The first-order valence-electron chi connectivity index (χ1n) is 10.6. The summed E-state index contributed by atoms with van der Waals surface area (Å²) in [5.41, 5.74) is 2.59. The highest BCUT2D eigenvalue weighted by Gasteiger charge is 2.27. The van der Waals surface area contributed by atoms with E-state index < -0.39 is 0 Å². The van der Waals surface area contributed by atoms with Gasteiger partial charge in [-0.3, -0.25) is 9.78 Å². The van der Waals surface area contributed by atoms with Crippen LogP contribution < -0.4 is 0 Å². The van der Waals surface area contributed by atoms with E-state index in [9.17, 15) is 14.9 Å². The molecule has 1 aliphatic carbocycles. The third kappa shape index (κ3) is 5.80. The van der Waals surface area contributed by atoms with Crippen LogP contribution in [0.1, 0.15) is 46.7 Å². The second kappa shape index (κ2) is 10.9. The van der Waals surface area contributed by atoms with Crippen molar-refractivity contribution in [3.05, 3.63) is 57.0 Å². The number of allylic oxidation sites excluding steroid dienone is 1. The third-order valence-electron chi connectivity index (χ3n) is 5.50. The lowest BCUT2D eigenvalue weighted by atomic mass is 9.87. The van der Waals surface area contributed by atoms with Crippen molar-refractivity contribution in [3.63, 3.8) is 0 Å². The Labute approximate surface area is 187 Å². The van der Waals surface area contributed by atoms with Crippen molar-refractivity contribution >= 4 is 29.3 Å². The van der Waals surface area contributed by atoms with E-state index in [1.807, 2.05) is 26.0 Å². The van der Waals surface area contributed by atoms with Crippen LogP contribution in [0.25, 0.3) is 6.08 Å². The summed E-state index contributed by atoms with van der Waals surface area (Å²) in [6.07, 6.45) is 9.06. The molecule has 0 radical (unpaired) electrons. The molecule has 1 unspecified atom stereocenters.